The van der Waals surface area contributed by atoms with Crippen LogP contribution in [-0.4, -0.2) is 18.5 Å². The van der Waals surface area contributed by atoms with E-state index >= 15 is 0 Å². The molecule has 4 rings (SSSR count). The van der Waals surface area contributed by atoms with Gasteiger partial charge in [-0.15, -0.1) is 11.3 Å². The molecule has 2 aromatic carbocycles. The van der Waals surface area contributed by atoms with Crippen molar-refractivity contribution in [2.45, 2.75) is 6.92 Å². The monoisotopic (exact) mass is 530 g/mol. The van der Waals surface area contributed by atoms with Gasteiger partial charge in [0.2, 0.25) is 5.55 Å². The van der Waals surface area contributed by atoms with Gasteiger partial charge >= 0.3 is 5.97 Å². The normalized spacial score (nSPS) is 10.8. The van der Waals surface area contributed by atoms with E-state index in [0.717, 1.165) is 10.0 Å². The van der Waals surface area contributed by atoms with Crippen molar-refractivity contribution in [3.63, 3.8) is 0 Å². The third-order valence-electron chi connectivity index (χ3n) is 4.63. The number of amides is 1. The van der Waals surface area contributed by atoms with Crippen molar-refractivity contribution in [1.29, 1.82) is 5.41 Å². The molecule has 0 radical (unpaired) electrons. The van der Waals surface area contributed by atoms with Crippen LogP contribution < -0.4 is 10.9 Å². The minimum Gasteiger partial charge on any atom is -0.462 e. The number of fused-ring (bicyclic) bond motifs is 1. The summed E-state index contributed by atoms with van der Waals surface area (Å²) in [6.07, 6.45) is 0. The molecule has 9 heteroatoms. The van der Waals surface area contributed by atoms with Crippen molar-refractivity contribution in [2.24, 2.45) is 0 Å². The summed E-state index contributed by atoms with van der Waals surface area (Å²) in [7, 11) is 0. The average Bonchev–Trinajstić information content (AvgIpc) is 3.17. The van der Waals surface area contributed by atoms with Gasteiger partial charge in [0.05, 0.1) is 6.61 Å². The summed E-state index contributed by atoms with van der Waals surface area (Å²) < 4.78 is 11.5. The molecule has 0 bridgehead atoms. The molecular formula is C23H16BrClN2O4S. The zero-order chi connectivity index (χ0) is 22.8. The van der Waals surface area contributed by atoms with Gasteiger partial charge in [-0.05, 0) is 48.9 Å². The number of esters is 1. The molecule has 4 aromatic rings. The second kappa shape index (κ2) is 9.28. The zero-order valence-corrected chi connectivity index (χ0v) is 19.9. The smallest absolute Gasteiger partial charge is 0.341 e. The quantitative estimate of drug-likeness (QED) is 0.288. The second-order valence-electron chi connectivity index (χ2n) is 6.71. The number of hydrogen-bond donors (Lipinski definition) is 2. The number of anilines is 1. The van der Waals surface area contributed by atoms with Gasteiger partial charge in [-0.1, -0.05) is 39.7 Å². The zero-order valence-electron chi connectivity index (χ0n) is 16.7. The Balaban J connectivity index is 1.74. The van der Waals surface area contributed by atoms with Crippen molar-refractivity contribution in [3.8, 4) is 11.1 Å². The van der Waals surface area contributed by atoms with Crippen molar-refractivity contribution >= 4 is 66.7 Å². The van der Waals surface area contributed by atoms with Crippen LogP contribution in [0.3, 0.4) is 0 Å². The second-order valence-corrected chi connectivity index (χ2v) is 8.94. The van der Waals surface area contributed by atoms with E-state index < -0.39 is 11.9 Å². The molecule has 2 N–H and O–H groups in total. The Labute approximate surface area is 200 Å². The van der Waals surface area contributed by atoms with Crippen LogP contribution >= 0.6 is 38.9 Å². The first-order valence-electron chi connectivity index (χ1n) is 9.51. The Morgan fingerprint density at radius 2 is 1.94 bits per heavy atom. The van der Waals surface area contributed by atoms with Crippen LogP contribution in [0, 0.1) is 5.41 Å². The summed E-state index contributed by atoms with van der Waals surface area (Å²) in [6.45, 7) is 1.91. The molecule has 0 fully saturated rings. The third kappa shape index (κ3) is 4.48. The van der Waals surface area contributed by atoms with Crippen LogP contribution in [0.25, 0.3) is 22.1 Å². The Morgan fingerprint density at radius 1 is 1.19 bits per heavy atom. The van der Waals surface area contributed by atoms with Crippen LogP contribution in [0.4, 0.5) is 5.00 Å². The first-order valence-corrected chi connectivity index (χ1v) is 11.6. The molecule has 2 aromatic heterocycles. The molecule has 2 heterocycles. The van der Waals surface area contributed by atoms with E-state index in [0.29, 0.717) is 26.6 Å². The summed E-state index contributed by atoms with van der Waals surface area (Å²) in [4.78, 5) is 25.8. The van der Waals surface area contributed by atoms with Crippen molar-refractivity contribution in [2.75, 3.05) is 11.9 Å². The number of carbonyl (C=O) groups excluding carboxylic acids is 2. The van der Waals surface area contributed by atoms with Crippen LogP contribution in [0.5, 0.6) is 0 Å². The Bertz CT molecular complexity index is 1400. The maximum atomic E-state index is 13.0. The fourth-order valence-electron chi connectivity index (χ4n) is 3.15. The van der Waals surface area contributed by atoms with Gasteiger partial charge in [0.15, 0.2) is 0 Å². The minimum absolute atomic E-state index is 0.0480. The van der Waals surface area contributed by atoms with Crippen LogP contribution in [0.15, 0.2) is 62.8 Å². The molecule has 0 aliphatic rings. The van der Waals surface area contributed by atoms with E-state index in [1.165, 1.54) is 11.3 Å². The minimum atomic E-state index is -0.560. The fourth-order valence-corrected chi connectivity index (χ4v) is 4.61. The maximum Gasteiger partial charge on any atom is 0.341 e. The number of ether oxygens (including phenoxy) is 1. The Morgan fingerprint density at radius 3 is 2.66 bits per heavy atom. The lowest BCUT2D eigenvalue weighted by atomic mass is 10.0. The van der Waals surface area contributed by atoms with Crippen molar-refractivity contribution < 1.29 is 18.7 Å². The van der Waals surface area contributed by atoms with E-state index in [4.69, 9.17) is 26.2 Å². The maximum absolute atomic E-state index is 13.0. The highest BCUT2D eigenvalue weighted by molar-refractivity contribution is 9.10. The topological polar surface area (TPSA) is 92.4 Å². The number of rotatable bonds is 5. The molecule has 0 unspecified atom stereocenters. The highest BCUT2D eigenvalue weighted by Gasteiger charge is 2.24. The summed E-state index contributed by atoms with van der Waals surface area (Å²) >= 11 is 10.6. The number of benzene rings is 2. The number of halogens is 2. The molecule has 0 aliphatic carbocycles. The molecule has 32 heavy (non-hydrogen) atoms. The predicted molar refractivity (Wildman–Crippen MR) is 128 cm³/mol. The van der Waals surface area contributed by atoms with Gasteiger partial charge in [-0.25, -0.2) is 4.79 Å². The predicted octanol–water partition coefficient (Wildman–Crippen LogP) is 6.49. The van der Waals surface area contributed by atoms with E-state index in [-0.39, 0.29) is 23.3 Å². The van der Waals surface area contributed by atoms with Gasteiger partial charge in [-0.3, -0.25) is 10.2 Å². The molecule has 0 saturated carbocycles. The molecule has 0 aliphatic heterocycles. The van der Waals surface area contributed by atoms with E-state index in [2.05, 4.69) is 21.2 Å². The molecule has 0 saturated heterocycles. The molecule has 162 valence electrons. The van der Waals surface area contributed by atoms with E-state index in [1.54, 1.807) is 60.8 Å². The molecular weight excluding hydrogens is 516 g/mol. The number of carbonyl (C=O) groups is 2. The summed E-state index contributed by atoms with van der Waals surface area (Å²) in [5, 5.41) is 14.2. The summed E-state index contributed by atoms with van der Waals surface area (Å²) in [5.41, 5.74) is 1.90. The Hall–Kier alpha value is -2.94. The molecule has 6 nitrogen and oxygen atoms in total. The highest BCUT2D eigenvalue weighted by Crippen LogP contribution is 2.37. The lowest BCUT2D eigenvalue weighted by Crippen LogP contribution is -2.21. The van der Waals surface area contributed by atoms with E-state index in [9.17, 15) is 9.59 Å². The molecule has 0 spiro atoms. The van der Waals surface area contributed by atoms with Gasteiger partial charge in [-0.2, -0.15) is 0 Å². The number of nitrogens with one attached hydrogen (secondary N) is 2. The van der Waals surface area contributed by atoms with Gasteiger partial charge in [0.25, 0.3) is 5.91 Å². The van der Waals surface area contributed by atoms with Crippen LogP contribution in [0.1, 0.15) is 27.6 Å². The summed E-state index contributed by atoms with van der Waals surface area (Å²) in [5.74, 6) is -1.11. The SMILES string of the molecule is CCOC(=O)c1c(-c2ccc(Cl)cc2)csc1NC(=O)c1cc2cc(Br)ccc2oc1=N. The highest BCUT2D eigenvalue weighted by atomic mass is 79.9. The van der Waals surface area contributed by atoms with E-state index in [1.807, 2.05) is 0 Å². The standard InChI is InChI=1S/C23H16BrClN2O4S/c1-2-30-23(29)19-17(12-3-6-15(25)7-4-12)11-32-22(19)27-21(28)16-10-13-9-14(24)5-8-18(13)31-20(16)26/h3-11,26H,2H2,1H3,(H,27,28). The van der Waals surface area contributed by atoms with Crippen LogP contribution in [0.2, 0.25) is 5.02 Å². The lowest BCUT2D eigenvalue weighted by molar-refractivity contribution is 0.0529. The van der Waals surface area contributed by atoms with Gasteiger partial charge in [0.1, 0.15) is 21.7 Å². The average molecular weight is 532 g/mol. The largest absolute Gasteiger partial charge is 0.462 e. The first-order chi connectivity index (χ1) is 15.4. The molecule has 1 amide bonds. The summed E-state index contributed by atoms with van der Waals surface area (Å²) in [6, 6.07) is 13.9. The third-order valence-corrected chi connectivity index (χ3v) is 6.27. The van der Waals surface area contributed by atoms with Crippen molar-refractivity contribution in [3.05, 3.63) is 80.1 Å². The number of thiophene rings is 1. The Kier molecular flexibility index (Phi) is 6.45. The van der Waals surface area contributed by atoms with Crippen molar-refractivity contribution in [1.82, 2.24) is 0 Å². The molecule has 0 atom stereocenters. The fraction of sp³-hybridized carbons (Fsp3) is 0.0870. The first kappa shape index (κ1) is 22.3. The number of hydrogen-bond acceptors (Lipinski definition) is 6. The van der Waals surface area contributed by atoms with Gasteiger partial charge in [0, 0.05) is 25.8 Å². The van der Waals surface area contributed by atoms with Gasteiger partial charge < -0.3 is 14.5 Å². The van der Waals surface area contributed by atoms with Crippen LogP contribution in [-0.2, 0) is 4.74 Å². The lowest BCUT2D eigenvalue weighted by Gasteiger charge is -2.09.